The smallest absolute Gasteiger partial charge is 0.222 e. The van der Waals surface area contributed by atoms with Crippen molar-refractivity contribution >= 4 is 11.8 Å². The Hall–Kier alpha value is -2.62. The Morgan fingerprint density at radius 1 is 1.00 bits per heavy atom. The molecule has 0 fully saturated rings. The number of hydrogen-bond donors (Lipinski definition) is 1. The van der Waals surface area contributed by atoms with Gasteiger partial charge in [-0.05, 0) is 30.5 Å². The lowest BCUT2D eigenvalue weighted by Crippen LogP contribution is -2.33. The predicted molar refractivity (Wildman–Crippen MR) is 99.9 cm³/mol. The van der Waals surface area contributed by atoms with Gasteiger partial charge in [-0.2, -0.15) is 0 Å². The molecule has 0 heterocycles. The van der Waals surface area contributed by atoms with E-state index in [1.807, 2.05) is 62.4 Å². The highest BCUT2D eigenvalue weighted by atomic mass is 16.2. The lowest BCUT2D eigenvalue weighted by Gasteiger charge is -2.22. The molecule has 2 aromatic rings. The van der Waals surface area contributed by atoms with E-state index in [0.717, 1.165) is 16.7 Å². The molecule has 2 rings (SSSR count). The number of amides is 2. The molecule has 0 bridgehead atoms. The van der Waals surface area contributed by atoms with E-state index in [4.69, 9.17) is 0 Å². The first kappa shape index (κ1) is 18.7. The summed E-state index contributed by atoms with van der Waals surface area (Å²) in [7, 11) is 0. The van der Waals surface area contributed by atoms with Crippen molar-refractivity contribution in [2.75, 3.05) is 6.54 Å². The number of carbonyl (C=O) groups excluding carboxylic acids is 2. The highest BCUT2D eigenvalue weighted by Gasteiger charge is 2.12. The molecule has 2 amide bonds. The van der Waals surface area contributed by atoms with Crippen LogP contribution in [0.15, 0.2) is 48.5 Å². The summed E-state index contributed by atoms with van der Waals surface area (Å²) in [4.78, 5) is 25.7. The molecule has 0 unspecified atom stereocenters. The highest BCUT2D eigenvalue weighted by Crippen LogP contribution is 2.11. The molecule has 0 aliphatic rings. The Bertz CT molecular complexity index is 723. The summed E-state index contributed by atoms with van der Waals surface area (Å²) in [6.45, 7) is 7.07. The Labute approximate surface area is 149 Å². The summed E-state index contributed by atoms with van der Waals surface area (Å²) >= 11 is 0. The van der Waals surface area contributed by atoms with Crippen LogP contribution in [0.3, 0.4) is 0 Å². The van der Waals surface area contributed by atoms with Crippen LogP contribution in [0.4, 0.5) is 0 Å². The van der Waals surface area contributed by atoms with Crippen LogP contribution in [0.25, 0.3) is 0 Å². The van der Waals surface area contributed by atoms with Crippen LogP contribution in [-0.2, 0) is 22.7 Å². The number of benzene rings is 2. The Morgan fingerprint density at radius 3 is 2.32 bits per heavy atom. The quantitative estimate of drug-likeness (QED) is 0.841. The summed E-state index contributed by atoms with van der Waals surface area (Å²) in [6, 6.07) is 16.1. The van der Waals surface area contributed by atoms with Crippen molar-refractivity contribution in [3.8, 4) is 0 Å². The van der Waals surface area contributed by atoms with E-state index in [2.05, 4.69) is 5.32 Å². The van der Waals surface area contributed by atoms with Crippen LogP contribution >= 0.6 is 0 Å². The molecular formula is C21H26N2O2. The molecule has 0 aromatic heterocycles. The maximum Gasteiger partial charge on any atom is 0.222 e. The largest absolute Gasteiger partial charge is 0.352 e. The second kappa shape index (κ2) is 9.02. The zero-order valence-electron chi connectivity index (χ0n) is 15.2. The molecule has 25 heavy (non-hydrogen) atoms. The summed E-state index contributed by atoms with van der Waals surface area (Å²) in [5.74, 6) is -0.0637. The number of hydrogen-bond acceptors (Lipinski definition) is 2. The average molecular weight is 338 g/mol. The van der Waals surface area contributed by atoms with E-state index in [9.17, 15) is 9.59 Å². The lowest BCUT2D eigenvalue weighted by molar-refractivity contribution is -0.130. The molecule has 1 N–H and O–H groups in total. The molecule has 0 radical (unpaired) electrons. The van der Waals surface area contributed by atoms with Gasteiger partial charge in [0.15, 0.2) is 0 Å². The third kappa shape index (κ3) is 6.07. The van der Waals surface area contributed by atoms with E-state index in [1.165, 1.54) is 5.56 Å². The first-order valence-electron chi connectivity index (χ1n) is 8.58. The summed E-state index contributed by atoms with van der Waals surface area (Å²) in [5.41, 5.74) is 4.53. The predicted octanol–water partition coefficient (Wildman–Crippen LogP) is 3.36. The van der Waals surface area contributed by atoms with Gasteiger partial charge in [0, 0.05) is 33.0 Å². The van der Waals surface area contributed by atoms with Gasteiger partial charge in [0.1, 0.15) is 0 Å². The monoisotopic (exact) mass is 338 g/mol. The fourth-order valence-corrected chi connectivity index (χ4v) is 2.57. The summed E-state index contributed by atoms with van der Waals surface area (Å²) < 4.78 is 0. The third-order valence-corrected chi connectivity index (χ3v) is 4.29. The number of nitrogens with one attached hydrogen (secondary N) is 1. The van der Waals surface area contributed by atoms with Crippen LogP contribution in [0.5, 0.6) is 0 Å². The molecule has 0 aliphatic heterocycles. The SMILES string of the molecule is CC(=O)N(CCC(=O)NCc1ccc(C)cc1)Cc1ccccc1C. The van der Waals surface area contributed by atoms with E-state index in [0.29, 0.717) is 26.1 Å². The minimum Gasteiger partial charge on any atom is -0.352 e. The third-order valence-electron chi connectivity index (χ3n) is 4.29. The molecule has 0 spiro atoms. The Morgan fingerprint density at radius 2 is 1.68 bits per heavy atom. The second-order valence-corrected chi connectivity index (χ2v) is 6.38. The van der Waals surface area contributed by atoms with Gasteiger partial charge in [0.05, 0.1) is 0 Å². The fraction of sp³-hybridized carbons (Fsp3) is 0.333. The molecule has 2 aromatic carbocycles. The van der Waals surface area contributed by atoms with Crippen LogP contribution in [0, 0.1) is 13.8 Å². The second-order valence-electron chi connectivity index (χ2n) is 6.38. The van der Waals surface area contributed by atoms with E-state index in [1.54, 1.807) is 11.8 Å². The standard InChI is InChI=1S/C21H26N2O2/c1-16-8-10-19(11-9-16)14-22-21(25)12-13-23(18(3)24)15-20-7-5-4-6-17(20)2/h4-11H,12-15H2,1-3H3,(H,22,25). The van der Waals surface area contributed by atoms with Gasteiger partial charge in [0.25, 0.3) is 0 Å². The molecular weight excluding hydrogens is 312 g/mol. The zero-order valence-corrected chi connectivity index (χ0v) is 15.2. The van der Waals surface area contributed by atoms with Crippen LogP contribution in [-0.4, -0.2) is 23.3 Å². The summed E-state index contributed by atoms with van der Waals surface area (Å²) in [6.07, 6.45) is 0.303. The summed E-state index contributed by atoms with van der Waals surface area (Å²) in [5, 5.41) is 2.91. The van der Waals surface area contributed by atoms with Gasteiger partial charge in [-0.3, -0.25) is 9.59 Å². The first-order chi connectivity index (χ1) is 12.0. The van der Waals surface area contributed by atoms with Crippen LogP contribution in [0.2, 0.25) is 0 Å². The minimum atomic E-state index is -0.0448. The molecule has 4 nitrogen and oxygen atoms in total. The van der Waals surface area contributed by atoms with Crippen molar-refractivity contribution in [3.05, 3.63) is 70.8 Å². The van der Waals surface area contributed by atoms with Crippen molar-refractivity contribution < 1.29 is 9.59 Å². The molecule has 0 saturated carbocycles. The van der Waals surface area contributed by atoms with Gasteiger partial charge in [-0.15, -0.1) is 0 Å². The Balaban J connectivity index is 1.83. The molecule has 4 heteroatoms. The maximum atomic E-state index is 12.1. The van der Waals surface area contributed by atoms with Crippen molar-refractivity contribution in [2.45, 2.75) is 40.3 Å². The molecule has 0 aliphatic carbocycles. The van der Waals surface area contributed by atoms with E-state index < -0.39 is 0 Å². The van der Waals surface area contributed by atoms with Gasteiger partial charge < -0.3 is 10.2 Å². The minimum absolute atomic E-state index is 0.0189. The Kier molecular flexibility index (Phi) is 6.75. The molecule has 0 atom stereocenters. The normalized spacial score (nSPS) is 10.4. The number of rotatable bonds is 7. The lowest BCUT2D eigenvalue weighted by atomic mass is 10.1. The molecule has 132 valence electrons. The van der Waals surface area contributed by atoms with Gasteiger partial charge in [0.2, 0.25) is 11.8 Å². The van der Waals surface area contributed by atoms with Gasteiger partial charge in [-0.1, -0.05) is 54.1 Å². The maximum absolute atomic E-state index is 12.1. The zero-order chi connectivity index (χ0) is 18.2. The van der Waals surface area contributed by atoms with Crippen molar-refractivity contribution in [2.24, 2.45) is 0 Å². The van der Waals surface area contributed by atoms with Crippen molar-refractivity contribution in [3.63, 3.8) is 0 Å². The highest BCUT2D eigenvalue weighted by molar-refractivity contribution is 5.78. The number of carbonyl (C=O) groups is 2. The molecule has 0 saturated heterocycles. The van der Waals surface area contributed by atoms with Crippen molar-refractivity contribution in [1.29, 1.82) is 0 Å². The topological polar surface area (TPSA) is 49.4 Å². The average Bonchev–Trinajstić information content (AvgIpc) is 2.59. The van der Waals surface area contributed by atoms with Crippen molar-refractivity contribution in [1.82, 2.24) is 10.2 Å². The number of nitrogens with zero attached hydrogens (tertiary/aromatic N) is 1. The first-order valence-corrected chi connectivity index (χ1v) is 8.58. The fourth-order valence-electron chi connectivity index (χ4n) is 2.57. The van der Waals surface area contributed by atoms with E-state index >= 15 is 0 Å². The van der Waals surface area contributed by atoms with E-state index in [-0.39, 0.29) is 11.8 Å². The number of aryl methyl sites for hydroxylation is 2. The van der Waals surface area contributed by atoms with Crippen LogP contribution < -0.4 is 5.32 Å². The van der Waals surface area contributed by atoms with Crippen LogP contribution in [0.1, 0.15) is 35.6 Å². The van der Waals surface area contributed by atoms with Gasteiger partial charge >= 0.3 is 0 Å². The van der Waals surface area contributed by atoms with Gasteiger partial charge in [-0.25, -0.2) is 0 Å².